The topological polar surface area (TPSA) is 148 Å². The highest BCUT2D eigenvalue weighted by atomic mass is 19.1. The lowest BCUT2D eigenvalue weighted by molar-refractivity contribution is 0.0941. The summed E-state index contributed by atoms with van der Waals surface area (Å²) in [6.45, 7) is 0.822. The van der Waals surface area contributed by atoms with E-state index in [1.165, 1.54) is 12.1 Å². The molecule has 0 radical (unpaired) electrons. The fraction of sp³-hybridized carbons (Fsp3) is 0.250. The van der Waals surface area contributed by atoms with E-state index in [-0.39, 0.29) is 29.6 Å². The SMILES string of the molecule is NC(N)=NCCCC(N)CNC(=O)c1nc2ccc(-c3ccc(F)cc3)cc2[nH]1. The van der Waals surface area contributed by atoms with Gasteiger partial charge in [0, 0.05) is 19.1 Å². The molecule has 8 N–H and O–H groups in total. The molecule has 0 saturated carbocycles. The van der Waals surface area contributed by atoms with Crippen LogP contribution in [0.25, 0.3) is 22.2 Å². The van der Waals surface area contributed by atoms with Gasteiger partial charge in [0.15, 0.2) is 11.8 Å². The predicted molar refractivity (Wildman–Crippen MR) is 112 cm³/mol. The van der Waals surface area contributed by atoms with Gasteiger partial charge in [-0.3, -0.25) is 9.79 Å². The van der Waals surface area contributed by atoms with Crippen molar-refractivity contribution < 1.29 is 9.18 Å². The number of nitrogens with one attached hydrogen (secondary N) is 2. The normalized spacial score (nSPS) is 11.9. The molecule has 1 amide bonds. The highest BCUT2D eigenvalue weighted by molar-refractivity contribution is 5.94. The first-order valence-electron chi connectivity index (χ1n) is 9.27. The number of carbonyl (C=O) groups is 1. The van der Waals surface area contributed by atoms with E-state index in [1.54, 1.807) is 12.1 Å². The number of carbonyl (C=O) groups excluding carboxylic acids is 1. The van der Waals surface area contributed by atoms with Gasteiger partial charge in [-0.2, -0.15) is 0 Å². The van der Waals surface area contributed by atoms with Crippen LogP contribution in [0.1, 0.15) is 23.5 Å². The Morgan fingerprint density at radius 1 is 1.17 bits per heavy atom. The standard InChI is InChI=1S/C20H24FN7O/c21-14-6-3-12(4-7-14)13-5-8-16-17(10-13)28-18(27-16)19(29)26-11-15(22)2-1-9-25-20(23)24/h3-8,10,15H,1-2,9,11,22H2,(H,26,29)(H,27,28)(H4,23,24,25). The molecule has 2 aromatic carbocycles. The lowest BCUT2D eigenvalue weighted by Gasteiger charge is -2.11. The van der Waals surface area contributed by atoms with Crippen molar-refractivity contribution in [1.29, 1.82) is 0 Å². The first kappa shape index (κ1) is 20.3. The number of hydrogen-bond acceptors (Lipinski definition) is 4. The number of amides is 1. The number of rotatable bonds is 8. The molecule has 0 aliphatic rings. The fourth-order valence-electron chi connectivity index (χ4n) is 2.91. The van der Waals surface area contributed by atoms with Crippen LogP contribution in [-0.4, -0.2) is 41.0 Å². The average molecular weight is 397 g/mol. The van der Waals surface area contributed by atoms with E-state index in [4.69, 9.17) is 17.2 Å². The van der Waals surface area contributed by atoms with Gasteiger partial charge in [-0.15, -0.1) is 0 Å². The molecule has 1 atom stereocenters. The molecule has 3 rings (SSSR count). The average Bonchev–Trinajstić information content (AvgIpc) is 3.13. The van der Waals surface area contributed by atoms with E-state index in [0.29, 0.717) is 25.0 Å². The van der Waals surface area contributed by atoms with Gasteiger partial charge in [0.1, 0.15) is 5.82 Å². The number of aromatic nitrogens is 2. The molecular formula is C20H24FN7O. The van der Waals surface area contributed by atoms with Gasteiger partial charge in [-0.05, 0) is 48.2 Å². The monoisotopic (exact) mass is 397 g/mol. The fourth-order valence-corrected chi connectivity index (χ4v) is 2.91. The van der Waals surface area contributed by atoms with Crippen molar-refractivity contribution in [2.45, 2.75) is 18.9 Å². The number of fused-ring (bicyclic) bond motifs is 1. The van der Waals surface area contributed by atoms with Gasteiger partial charge in [0.2, 0.25) is 0 Å². The van der Waals surface area contributed by atoms with Crippen LogP contribution in [-0.2, 0) is 0 Å². The van der Waals surface area contributed by atoms with E-state index in [9.17, 15) is 9.18 Å². The van der Waals surface area contributed by atoms with Crippen molar-refractivity contribution in [3.05, 3.63) is 54.1 Å². The third kappa shape index (κ3) is 5.52. The van der Waals surface area contributed by atoms with Gasteiger partial charge in [-0.25, -0.2) is 9.37 Å². The molecule has 1 aromatic heterocycles. The highest BCUT2D eigenvalue weighted by Crippen LogP contribution is 2.23. The van der Waals surface area contributed by atoms with Crippen molar-refractivity contribution in [2.24, 2.45) is 22.2 Å². The summed E-state index contributed by atoms with van der Waals surface area (Å²) in [6.07, 6.45) is 1.41. The molecule has 0 saturated heterocycles. The summed E-state index contributed by atoms with van der Waals surface area (Å²) in [5, 5.41) is 2.78. The summed E-state index contributed by atoms with van der Waals surface area (Å²) in [4.78, 5) is 23.6. The summed E-state index contributed by atoms with van der Waals surface area (Å²) in [7, 11) is 0. The van der Waals surface area contributed by atoms with Crippen molar-refractivity contribution in [3.8, 4) is 11.1 Å². The second-order valence-corrected chi connectivity index (χ2v) is 6.74. The summed E-state index contributed by atoms with van der Waals surface area (Å²) in [5.41, 5.74) is 19.7. The Morgan fingerprint density at radius 3 is 2.62 bits per heavy atom. The number of imidazole rings is 1. The third-order valence-corrected chi connectivity index (χ3v) is 4.43. The number of nitrogens with two attached hydrogens (primary N) is 3. The maximum absolute atomic E-state index is 13.1. The Labute approximate surface area is 167 Å². The van der Waals surface area contributed by atoms with Crippen LogP contribution in [0.15, 0.2) is 47.5 Å². The number of nitrogens with zero attached hydrogens (tertiary/aromatic N) is 2. The van der Waals surface area contributed by atoms with Crippen molar-refractivity contribution in [3.63, 3.8) is 0 Å². The van der Waals surface area contributed by atoms with Gasteiger partial charge in [-0.1, -0.05) is 18.2 Å². The summed E-state index contributed by atoms with van der Waals surface area (Å²) < 4.78 is 13.1. The Morgan fingerprint density at radius 2 is 1.90 bits per heavy atom. The zero-order chi connectivity index (χ0) is 20.8. The van der Waals surface area contributed by atoms with Crippen LogP contribution in [0, 0.1) is 5.82 Å². The molecule has 0 spiro atoms. The molecule has 1 heterocycles. The first-order chi connectivity index (χ1) is 13.9. The lowest BCUT2D eigenvalue weighted by atomic mass is 10.1. The van der Waals surface area contributed by atoms with Gasteiger partial charge in [0.25, 0.3) is 5.91 Å². The highest BCUT2D eigenvalue weighted by Gasteiger charge is 2.13. The van der Waals surface area contributed by atoms with E-state index in [0.717, 1.165) is 23.1 Å². The molecule has 8 nitrogen and oxygen atoms in total. The van der Waals surface area contributed by atoms with Crippen LogP contribution in [0.3, 0.4) is 0 Å². The van der Waals surface area contributed by atoms with Crippen LogP contribution in [0.5, 0.6) is 0 Å². The van der Waals surface area contributed by atoms with E-state index in [2.05, 4.69) is 20.3 Å². The van der Waals surface area contributed by atoms with Crippen molar-refractivity contribution >= 4 is 22.9 Å². The van der Waals surface area contributed by atoms with E-state index < -0.39 is 0 Å². The quantitative estimate of drug-likeness (QED) is 0.222. The predicted octanol–water partition coefficient (Wildman–Crippen LogP) is 1.48. The summed E-state index contributed by atoms with van der Waals surface area (Å²) in [5.74, 6) is -0.350. The van der Waals surface area contributed by atoms with E-state index in [1.807, 2.05) is 18.2 Å². The zero-order valence-electron chi connectivity index (χ0n) is 15.9. The third-order valence-electron chi connectivity index (χ3n) is 4.43. The van der Waals surface area contributed by atoms with Crippen LogP contribution < -0.4 is 22.5 Å². The molecular weight excluding hydrogens is 373 g/mol. The largest absolute Gasteiger partial charge is 0.370 e. The summed E-state index contributed by atoms with van der Waals surface area (Å²) in [6, 6.07) is 11.6. The number of hydrogen-bond donors (Lipinski definition) is 5. The second-order valence-electron chi connectivity index (χ2n) is 6.74. The minimum Gasteiger partial charge on any atom is -0.370 e. The minimum absolute atomic E-state index is 0.0549. The number of guanidine groups is 1. The molecule has 0 bridgehead atoms. The van der Waals surface area contributed by atoms with Gasteiger partial charge >= 0.3 is 0 Å². The number of benzene rings is 2. The zero-order valence-corrected chi connectivity index (χ0v) is 15.9. The maximum atomic E-state index is 13.1. The molecule has 152 valence electrons. The van der Waals surface area contributed by atoms with Crippen molar-refractivity contribution in [1.82, 2.24) is 15.3 Å². The number of halogens is 1. The molecule has 0 aliphatic heterocycles. The van der Waals surface area contributed by atoms with Gasteiger partial charge < -0.3 is 27.5 Å². The first-order valence-corrected chi connectivity index (χ1v) is 9.27. The summed E-state index contributed by atoms with van der Waals surface area (Å²) >= 11 is 0. The minimum atomic E-state index is -0.329. The smallest absolute Gasteiger partial charge is 0.287 e. The van der Waals surface area contributed by atoms with Crippen LogP contribution >= 0.6 is 0 Å². The molecule has 0 fully saturated rings. The molecule has 29 heavy (non-hydrogen) atoms. The Kier molecular flexibility index (Phi) is 6.40. The van der Waals surface area contributed by atoms with Crippen LogP contribution in [0.2, 0.25) is 0 Å². The number of aromatic amines is 1. The molecule has 1 unspecified atom stereocenters. The lowest BCUT2D eigenvalue weighted by Crippen LogP contribution is -2.37. The van der Waals surface area contributed by atoms with Crippen LogP contribution in [0.4, 0.5) is 4.39 Å². The van der Waals surface area contributed by atoms with E-state index >= 15 is 0 Å². The Bertz CT molecular complexity index is 1010. The molecule has 3 aromatic rings. The second kappa shape index (κ2) is 9.16. The Balaban J connectivity index is 1.60. The molecule has 0 aliphatic carbocycles. The van der Waals surface area contributed by atoms with Crippen molar-refractivity contribution in [2.75, 3.05) is 13.1 Å². The Hall–Kier alpha value is -3.46. The molecule has 9 heteroatoms. The maximum Gasteiger partial charge on any atom is 0.287 e. The number of aliphatic imine (C=N–C) groups is 1. The van der Waals surface area contributed by atoms with Gasteiger partial charge in [0.05, 0.1) is 11.0 Å². The number of H-pyrrole nitrogens is 1.